The predicted molar refractivity (Wildman–Crippen MR) is 90.5 cm³/mol. The molecule has 0 unspecified atom stereocenters. The Morgan fingerprint density at radius 2 is 1.18 bits per heavy atom. The van der Waals surface area contributed by atoms with E-state index in [0.717, 1.165) is 11.1 Å². The molecule has 0 aliphatic rings. The fourth-order valence-corrected chi connectivity index (χ4v) is 3.39. The third kappa shape index (κ3) is 5.94. The molecule has 0 saturated heterocycles. The van der Waals surface area contributed by atoms with Crippen LogP contribution in [0, 0.1) is 0 Å². The molecule has 0 aliphatic carbocycles. The van der Waals surface area contributed by atoms with E-state index in [1.165, 1.54) is 0 Å². The summed E-state index contributed by atoms with van der Waals surface area (Å²) in [4.78, 5) is 0. The zero-order valence-corrected chi connectivity index (χ0v) is 14.0. The first-order valence-corrected chi connectivity index (χ1v) is 9.88. The molecule has 0 fully saturated rings. The maximum absolute atomic E-state index is 12.6. The average molecular weight is 339 g/mol. The van der Waals surface area contributed by atoms with Gasteiger partial charge in [-0.05, 0) is 11.1 Å². The van der Waals surface area contributed by atoms with E-state index in [1.54, 1.807) is 0 Å². The van der Waals surface area contributed by atoms with Crippen LogP contribution >= 0.6 is 18.7 Å². The Kier molecular flexibility index (Phi) is 7.14. The van der Waals surface area contributed by atoms with Gasteiger partial charge in [0, 0.05) is 0 Å². The van der Waals surface area contributed by atoms with Gasteiger partial charge in [0.25, 0.3) is 0 Å². The van der Waals surface area contributed by atoms with Gasteiger partial charge in [-0.1, -0.05) is 60.7 Å². The highest BCUT2D eigenvalue weighted by Crippen LogP contribution is 2.46. The highest BCUT2D eigenvalue weighted by atomic mass is 35.5. The summed E-state index contributed by atoms with van der Waals surface area (Å²) in [7, 11) is -2.65. The Morgan fingerprint density at radius 3 is 1.55 bits per heavy atom. The summed E-state index contributed by atoms with van der Waals surface area (Å²) < 4.78 is 23.7. The van der Waals surface area contributed by atoms with Crippen molar-refractivity contribution in [2.75, 3.05) is 18.3 Å². The van der Waals surface area contributed by atoms with Crippen molar-refractivity contribution in [1.29, 1.82) is 0 Å². The number of benzene rings is 2. The molecule has 118 valence electrons. The minimum Gasteiger partial charge on any atom is -0.369 e. The molecule has 5 heteroatoms. The Hall–Kier alpha value is -1.12. The van der Waals surface area contributed by atoms with E-state index in [4.69, 9.17) is 21.1 Å². The van der Waals surface area contributed by atoms with Crippen LogP contribution < -0.4 is 0 Å². The standard InChI is InChI=1S/C17H20ClO3P/c18-13-22(19,14-20-11-16-7-3-1-4-8-16)15-21-12-17-9-5-2-6-10-17/h1-10H,11-15H2. The molecule has 2 aromatic rings. The fourth-order valence-electron chi connectivity index (χ4n) is 1.91. The first kappa shape index (κ1) is 17.2. The number of halogens is 1. The van der Waals surface area contributed by atoms with Crippen molar-refractivity contribution >= 4 is 18.7 Å². The van der Waals surface area contributed by atoms with E-state index in [1.807, 2.05) is 60.7 Å². The Bertz CT molecular complexity index is 540. The van der Waals surface area contributed by atoms with Gasteiger partial charge >= 0.3 is 0 Å². The maximum atomic E-state index is 12.6. The monoisotopic (exact) mass is 338 g/mol. The van der Waals surface area contributed by atoms with Gasteiger partial charge in [-0.3, -0.25) is 0 Å². The molecule has 22 heavy (non-hydrogen) atoms. The van der Waals surface area contributed by atoms with E-state index in [0.29, 0.717) is 13.2 Å². The second-order valence-corrected chi connectivity index (χ2v) is 8.69. The van der Waals surface area contributed by atoms with Gasteiger partial charge in [-0.15, -0.1) is 11.6 Å². The van der Waals surface area contributed by atoms with Crippen molar-refractivity contribution < 1.29 is 14.0 Å². The smallest absolute Gasteiger partial charge is 0.150 e. The van der Waals surface area contributed by atoms with Gasteiger partial charge in [0.15, 0.2) is 7.14 Å². The highest BCUT2D eigenvalue weighted by Gasteiger charge is 2.21. The zero-order chi connectivity index (χ0) is 15.7. The van der Waals surface area contributed by atoms with Gasteiger partial charge < -0.3 is 14.0 Å². The van der Waals surface area contributed by atoms with Crippen molar-refractivity contribution in [3.8, 4) is 0 Å². The normalized spacial score (nSPS) is 11.5. The lowest BCUT2D eigenvalue weighted by atomic mass is 10.2. The van der Waals surface area contributed by atoms with E-state index in [9.17, 15) is 4.57 Å². The van der Waals surface area contributed by atoms with Crippen LogP contribution in [0.15, 0.2) is 60.7 Å². The summed E-state index contributed by atoms with van der Waals surface area (Å²) in [6, 6.07) is 19.6. The molecule has 0 amide bonds. The summed E-state index contributed by atoms with van der Waals surface area (Å²) in [6.07, 6.45) is 0.278. The lowest BCUT2D eigenvalue weighted by molar-refractivity contribution is 0.141. The summed E-state index contributed by atoms with van der Waals surface area (Å²) in [5, 5.41) is 0. The van der Waals surface area contributed by atoms with E-state index in [-0.39, 0.29) is 18.3 Å². The first-order chi connectivity index (χ1) is 10.7. The molecule has 0 spiro atoms. The van der Waals surface area contributed by atoms with Crippen LogP contribution in [-0.4, -0.2) is 18.3 Å². The molecule has 2 rings (SSSR count). The third-order valence-corrected chi connectivity index (χ3v) is 6.14. The van der Waals surface area contributed by atoms with Crippen LogP contribution in [0.5, 0.6) is 0 Å². The van der Waals surface area contributed by atoms with Crippen LogP contribution in [0.4, 0.5) is 0 Å². The van der Waals surface area contributed by atoms with Gasteiger partial charge in [0.05, 0.1) is 18.8 Å². The van der Waals surface area contributed by atoms with E-state index in [2.05, 4.69) is 0 Å². The van der Waals surface area contributed by atoms with Crippen LogP contribution in [0.2, 0.25) is 0 Å². The third-order valence-electron chi connectivity index (χ3n) is 3.09. The summed E-state index contributed by atoms with van der Waals surface area (Å²) in [6.45, 7) is 0.862. The number of hydrogen-bond donors (Lipinski definition) is 0. The molecule has 0 saturated carbocycles. The predicted octanol–water partition coefficient (Wildman–Crippen LogP) is 4.89. The highest BCUT2D eigenvalue weighted by molar-refractivity contribution is 7.65. The molecular weight excluding hydrogens is 319 g/mol. The average Bonchev–Trinajstić information content (AvgIpc) is 2.57. The Labute approximate surface area is 136 Å². The Morgan fingerprint density at radius 1 is 0.773 bits per heavy atom. The summed E-state index contributed by atoms with van der Waals surface area (Å²) >= 11 is 5.85. The Balaban J connectivity index is 1.75. The van der Waals surface area contributed by atoms with E-state index >= 15 is 0 Å². The first-order valence-electron chi connectivity index (χ1n) is 7.08. The van der Waals surface area contributed by atoms with Crippen LogP contribution in [-0.2, 0) is 27.3 Å². The van der Waals surface area contributed by atoms with Crippen LogP contribution in [0.25, 0.3) is 0 Å². The molecule has 0 radical (unpaired) electrons. The molecule has 0 N–H and O–H groups in total. The van der Waals surface area contributed by atoms with E-state index < -0.39 is 7.14 Å². The minimum atomic E-state index is -2.65. The second kappa shape index (κ2) is 9.12. The zero-order valence-electron chi connectivity index (χ0n) is 12.4. The van der Waals surface area contributed by atoms with Crippen molar-refractivity contribution in [2.45, 2.75) is 13.2 Å². The number of ether oxygens (including phenoxy) is 2. The van der Waals surface area contributed by atoms with Gasteiger partial charge in [-0.2, -0.15) is 0 Å². The lowest BCUT2D eigenvalue weighted by Crippen LogP contribution is -2.04. The van der Waals surface area contributed by atoms with Crippen molar-refractivity contribution in [3.63, 3.8) is 0 Å². The molecule has 2 aromatic carbocycles. The molecule has 0 aromatic heterocycles. The number of hydrogen-bond acceptors (Lipinski definition) is 3. The summed E-state index contributed by atoms with van der Waals surface area (Å²) in [5.41, 5.74) is 2.17. The van der Waals surface area contributed by atoms with Crippen LogP contribution in [0.3, 0.4) is 0 Å². The fraction of sp³-hybridized carbons (Fsp3) is 0.294. The largest absolute Gasteiger partial charge is 0.369 e. The van der Waals surface area contributed by atoms with Crippen molar-refractivity contribution in [2.24, 2.45) is 0 Å². The molecule has 0 heterocycles. The quantitative estimate of drug-likeness (QED) is 0.482. The number of alkyl halides is 1. The van der Waals surface area contributed by atoms with Gasteiger partial charge in [-0.25, -0.2) is 0 Å². The molecule has 0 aliphatic heterocycles. The topological polar surface area (TPSA) is 35.5 Å². The van der Waals surface area contributed by atoms with Gasteiger partial charge in [0.2, 0.25) is 0 Å². The minimum absolute atomic E-state index is 0.0661. The molecular formula is C17H20ClO3P. The SMILES string of the molecule is O=P(CCl)(COCc1ccccc1)COCc1ccccc1. The molecule has 0 atom stereocenters. The molecule has 0 bridgehead atoms. The van der Waals surface area contributed by atoms with Gasteiger partial charge in [0.1, 0.15) is 12.7 Å². The maximum Gasteiger partial charge on any atom is 0.150 e. The van der Waals surface area contributed by atoms with Crippen molar-refractivity contribution in [3.05, 3.63) is 71.8 Å². The number of rotatable bonds is 9. The lowest BCUT2D eigenvalue weighted by Gasteiger charge is -2.16. The summed E-state index contributed by atoms with van der Waals surface area (Å²) in [5.74, 6) is 0. The van der Waals surface area contributed by atoms with Crippen LogP contribution in [0.1, 0.15) is 11.1 Å². The molecule has 3 nitrogen and oxygen atoms in total. The second-order valence-electron chi connectivity index (χ2n) is 5.10. The van der Waals surface area contributed by atoms with Crippen molar-refractivity contribution in [1.82, 2.24) is 0 Å².